The molecular weight excluding hydrogens is 226 g/mol. The molecule has 4 N–H and O–H groups in total. The zero-order valence-electron chi connectivity index (χ0n) is 10.8. The van der Waals surface area contributed by atoms with E-state index in [1.54, 1.807) is 0 Å². The van der Waals surface area contributed by atoms with Gasteiger partial charge >= 0.3 is 0 Å². The van der Waals surface area contributed by atoms with E-state index in [0.29, 0.717) is 12.1 Å². The van der Waals surface area contributed by atoms with Gasteiger partial charge in [0.05, 0.1) is 12.2 Å². The minimum atomic E-state index is 0.409. The summed E-state index contributed by atoms with van der Waals surface area (Å²) in [5, 5.41) is 11.2. The van der Waals surface area contributed by atoms with Crippen molar-refractivity contribution in [2.45, 2.75) is 37.8 Å². The van der Waals surface area contributed by atoms with Crippen molar-refractivity contribution >= 4 is 5.82 Å². The molecular formula is C13H23N5. The van der Waals surface area contributed by atoms with Crippen LogP contribution in [0.5, 0.6) is 0 Å². The zero-order chi connectivity index (χ0) is 12.4. The molecule has 1 aliphatic heterocycles. The van der Waals surface area contributed by atoms with Crippen molar-refractivity contribution in [3.63, 3.8) is 0 Å². The highest BCUT2D eigenvalue weighted by Crippen LogP contribution is 2.24. The maximum absolute atomic E-state index is 6.03. The number of hydrogen-bond donors (Lipinski definition) is 3. The molecule has 0 aromatic carbocycles. The average Bonchev–Trinajstić information content (AvgIpc) is 2.72. The molecule has 0 bridgehead atoms. The summed E-state index contributed by atoms with van der Waals surface area (Å²) in [6.45, 7) is 3.09. The van der Waals surface area contributed by atoms with Crippen molar-refractivity contribution < 1.29 is 0 Å². The van der Waals surface area contributed by atoms with E-state index in [1.165, 1.54) is 19.3 Å². The van der Waals surface area contributed by atoms with Crippen LogP contribution in [-0.2, 0) is 0 Å². The average molecular weight is 249 g/mol. The van der Waals surface area contributed by atoms with Crippen LogP contribution >= 0.6 is 0 Å². The van der Waals surface area contributed by atoms with Crippen molar-refractivity contribution in [2.24, 2.45) is 11.7 Å². The number of anilines is 1. The molecule has 0 radical (unpaired) electrons. The fourth-order valence-corrected chi connectivity index (χ4v) is 2.96. The highest BCUT2D eigenvalue weighted by molar-refractivity contribution is 5.35. The fraction of sp³-hybridized carbons (Fsp3) is 0.769. The summed E-state index contributed by atoms with van der Waals surface area (Å²) in [5.41, 5.74) is 6.03. The van der Waals surface area contributed by atoms with Gasteiger partial charge in [-0.05, 0) is 25.2 Å². The topological polar surface area (TPSA) is 67.9 Å². The first kappa shape index (κ1) is 12.0. The third-order valence-electron chi connectivity index (χ3n) is 4.17. The van der Waals surface area contributed by atoms with Crippen molar-refractivity contribution in [3.8, 4) is 0 Å². The molecule has 18 heavy (non-hydrogen) atoms. The molecule has 2 fully saturated rings. The van der Waals surface area contributed by atoms with E-state index in [0.717, 1.165) is 37.8 Å². The first-order chi connectivity index (χ1) is 8.83. The standard InChI is InChI=1S/C13H23N5/c14-11-3-1-2-10(6-11)7-16-13-4-5-17-18(13)12-8-15-9-12/h4-5,10-12,15-16H,1-3,6-9,14H2/t10-,11-/m0/s1. The SMILES string of the molecule is N[C@H]1CCC[C@H](CNc2ccnn2C2CNC2)C1. The number of nitrogens with zero attached hydrogens (tertiary/aromatic N) is 2. The maximum Gasteiger partial charge on any atom is 0.124 e. The summed E-state index contributed by atoms with van der Waals surface area (Å²) in [7, 11) is 0. The first-order valence-corrected chi connectivity index (χ1v) is 7.06. The highest BCUT2D eigenvalue weighted by Gasteiger charge is 2.23. The van der Waals surface area contributed by atoms with Crippen LogP contribution in [0, 0.1) is 5.92 Å². The maximum atomic E-state index is 6.03. The van der Waals surface area contributed by atoms with Crippen LogP contribution in [0.15, 0.2) is 12.3 Å². The lowest BCUT2D eigenvalue weighted by Gasteiger charge is -2.30. The summed E-state index contributed by atoms with van der Waals surface area (Å²) in [4.78, 5) is 0. The van der Waals surface area contributed by atoms with Gasteiger partial charge in [0.25, 0.3) is 0 Å². The van der Waals surface area contributed by atoms with Crippen LogP contribution in [0.2, 0.25) is 0 Å². The second kappa shape index (κ2) is 5.28. The third kappa shape index (κ3) is 2.52. The monoisotopic (exact) mass is 249 g/mol. The fourth-order valence-electron chi connectivity index (χ4n) is 2.96. The van der Waals surface area contributed by atoms with Crippen molar-refractivity contribution in [2.75, 3.05) is 25.0 Å². The molecule has 100 valence electrons. The molecule has 0 unspecified atom stereocenters. The second-order valence-corrected chi connectivity index (χ2v) is 5.65. The normalized spacial score (nSPS) is 28.9. The van der Waals surface area contributed by atoms with Gasteiger partial charge in [-0.25, -0.2) is 4.68 Å². The Labute approximate surface area is 108 Å². The van der Waals surface area contributed by atoms with Crippen LogP contribution in [-0.4, -0.2) is 35.5 Å². The van der Waals surface area contributed by atoms with Crippen LogP contribution < -0.4 is 16.4 Å². The van der Waals surface area contributed by atoms with Crippen LogP contribution in [0.1, 0.15) is 31.7 Å². The molecule has 1 aliphatic carbocycles. The Hall–Kier alpha value is -1.07. The lowest BCUT2D eigenvalue weighted by molar-refractivity contribution is 0.317. The number of nitrogens with two attached hydrogens (primary N) is 1. The van der Waals surface area contributed by atoms with Gasteiger partial charge in [0.1, 0.15) is 5.82 Å². The Bertz CT molecular complexity index is 384. The van der Waals surface area contributed by atoms with Crippen LogP contribution in [0.4, 0.5) is 5.82 Å². The van der Waals surface area contributed by atoms with Crippen LogP contribution in [0.25, 0.3) is 0 Å². The number of nitrogens with one attached hydrogen (secondary N) is 2. The smallest absolute Gasteiger partial charge is 0.124 e. The molecule has 3 rings (SSSR count). The molecule has 1 aromatic heterocycles. The Morgan fingerprint density at radius 1 is 1.44 bits per heavy atom. The van der Waals surface area contributed by atoms with E-state index >= 15 is 0 Å². The molecule has 2 atom stereocenters. The van der Waals surface area contributed by atoms with E-state index in [1.807, 2.05) is 6.20 Å². The molecule has 1 saturated carbocycles. The van der Waals surface area contributed by atoms with E-state index < -0.39 is 0 Å². The first-order valence-electron chi connectivity index (χ1n) is 7.06. The Kier molecular flexibility index (Phi) is 3.52. The van der Waals surface area contributed by atoms with Gasteiger partial charge < -0.3 is 16.4 Å². The summed E-state index contributed by atoms with van der Waals surface area (Å²) in [6.07, 6.45) is 6.82. The minimum absolute atomic E-state index is 0.409. The molecule has 1 aromatic rings. The van der Waals surface area contributed by atoms with E-state index in [9.17, 15) is 0 Å². The van der Waals surface area contributed by atoms with Gasteiger partial charge in [-0.3, -0.25) is 0 Å². The van der Waals surface area contributed by atoms with Crippen molar-refractivity contribution in [3.05, 3.63) is 12.3 Å². The van der Waals surface area contributed by atoms with Gasteiger partial charge in [0.15, 0.2) is 0 Å². The summed E-state index contributed by atoms with van der Waals surface area (Å²) < 4.78 is 2.11. The lowest BCUT2D eigenvalue weighted by atomic mass is 9.86. The predicted molar refractivity (Wildman–Crippen MR) is 72.6 cm³/mol. The summed E-state index contributed by atoms with van der Waals surface area (Å²) in [6, 6.07) is 3.00. The van der Waals surface area contributed by atoms with E-state index in [2.05, 4.69) is 26.5 Å². The quantitative estimate of drug-likeness (QED) is 0.743. The van der Waals surface area contributed by atoms with Gasteiger partial charge in [0.2, 0.25) is 0 Å². The Morgan fingerprint density at radius 2 is 2.33 bits per heavy atom. The number of aromatic nitrogens is 2. The van der Waals surface area contributed by atoms with Gasteiger partial charge in [-0.15, -0.1) is 0 Å². The molecule has 2 aliphatic rings. The molecule has 5 nitrogen and oxygen atoms in total. The molecule has 2 heterocycles. The third-order valence-corrected chi connectivity index (χ3v) is 4.17. The molecule has 0 spiro atoms. The Balaban J connectivity index is 1.54. The Morgan fingerprint density at radius 3 is 3.06 bits per heavy atom. The van der Waals surface area contributed by atoms with E-state index in [-0.39, 0.29) is 0 Å². The largest absolute Gasteiger partial charge is 0.370 e. The van der Waals surface area contributed by atoms with Crippen LogP contribution in [0.3, 0.4) is 0 Å². The van der Waals surface area contributed by atoms with Gasteiger partial charge in [0, 0.05) is 31.7 Å². The van der Waals surface area contributed by atoms with Gasteiger partial charge in [-0.1, -0.05) is 6.42 Å². The molecule has 0 amide bonds. The zero-order valence-corrected chi connectivity index (χ0v) is 10.8. The summed E-state index contributed by atoms with van der Waals surface area (Å²) >= 11 is 0. The van der Waals surface area contributed by atoms with Crippen molar-refractivity contribution in [1.82, 2.24) is 15.1 Å². The number of rotatable bonds is 4. The van der Waals surface area contributed by atoms with E-state index in [4.69, 9.17) is 5.73 Å². The van der Waals surface area contributed by atoms with Crippen molar-refractivity contribution in [1.29, 1.82) is 0 Å². The summed E-state index contributed by atoms with van der Waals surface area (Å²) in [5.74, 6) is 1.87. The predicted octanol–water partition coefficient (Wildman–Crippen LogP) is 0.957. The number of hydrogen-bond acceptors (Lipinski definition) is 4. The molecule has 5 heteroatoms. The van der Waals surface area contributed by atoms with Gasteiger partial charge in [-0.2, -0.15) is 5.10 Å². The molecule has 1 saturated heterocycles. The highest BCUT2D eigenvalue weighted by atomic mass is 15.4. The minimum Gasteiger partial charge on any atom is -0.370 e. The lowest BCUT2D eigenvalue weighted by Crippen LogP contribution is -2.44. The second-order valence-electron chi connectivity index (χ2n) is 5.65.